The molecule has 0 bridgehead atoms. The van der Waals surface area contributed by atoms with E-state index < -0.39 is 5.82 Å². The van der Waals surface area contributed by atoms with E-state index in [1.807, 2.05) is 6.92 Å². The van der Waals surface area contributed by atoms with Crippen LogP contribution >= 0.6 is 23.2 Å². The quantitative estimate of drug-likeness (QED) is 0.883. The molecule has 1 atom stereocenters. The van der Waals surface area contributed by atoms with Gasteiger partial charge in [0.1, 0.15) is 12.1 Å². The van der Waals surface area contributed by atoms with Gasteiger partial charge in [0.25, 0.3) is 0 Å². The molecule has 0 saturated heterocycles. The van der Waals surface area contributed by atoms with Crippen molar-refractivity contribution in [2.75, 3.05) is 0 Å². The fourth-order valence-electron chi connectivity index (χ4n) is 1.69. The van der Waals surface area contributed by atoms with Crippen LogP contribution in [-0.4, -0.2) is 14.8 Å². The van der Waals surface area contributed by atoms with Gasteiger partial charge in [-0.3, -0.25) is 4.68 Å². The van der Waals surface area contributed by atoms with Crippen molar-refractivity contribution in [1.29, 1.82) is 0 Å². The molecule has 0 fully saturated rings. The number of aryl methyl sites for hydroxylation is 1. The van der Waals surface area contributed by atoms with Crippen molar-refractivity contribution in [3.63, 3.8) is 0 Å². The molecule has 102 valence electrons. The van der Waals surface area contributed by atoms with Crippen LogP contribution in [0, 0.1) is 5.82 Å². The zero-order valence-electron chi connectivity index (χ0n) is 10.5. The first-order chi connectivity index (χ1) is 8.97. The summed E-state index contributed by atoms with van der Waals surface area (Å²) in [5, 5.41) is 7.78. The third kappa shape index (κ3) is 3.43. The Bertz CT molecular complexity index is 585. The van der Waals surface area contributed by atoms with E-state index in [4.69, 9.17) is 23.2 Å². The summed E-state index contributed by atoms with van der Waals surface area (Å²) in [6.07, 6.45) is 1.62. The van der Waals surface area contributed by atoms with Crippen molar-refractivity contribution in [2.45, 2.75) is 19.5 Å². The molecule has 1 aromatic carbocycles. The fraction of sp³-hybridized carbons (Fsp3) is 0.333. The highest BCUT2D eigenvalue weighted by Gasteiger charge is 2.13. The van der Waals surface area contributed by atoms with Gasteiger partial charge < -0.3 is 5.32 Å². The molecule has 0 spiro atoms. The molecule has 0 aliphatic rings. The van der Waals surface area contributed by atoms with Gasteiger partial charge in [0.15, 0.2) is 5.82 Å². The number of nitrogens with one attached hydrogen (secondary N) is 1. The summed E-state index contributed by atoms with van der Waals surface area (Å²) in [6, 6.07) is 2.61. The van der Waals surface area contributed by atoms with Crippen LogP contribution in [0.4, 0.5) is 4.39 Å². The zero-order valence-corrected chi connectivity index (χ0v) is 12.0. The molecule has 2 rings (SSSR count). The molecule has 0 saturated carbocycles. The lowest BCUT2D eigenvalue weighted by Gasteiger charge is -2.15. The summed E-state index contributed by atoms with van der Waals surface area (Å²) in [7, 11) is 1.80. The average molecular weight is 303 g/mol. The Hall–Kier alpha value is -1.17. The highest BCUT2D eigenvalue weighted by Crippen LogP contribution is 2.28. The molecular formula is C12H13Cl2FN4. The van der Waals surface area contributed by atoms with E-state index in [2.05, 4.69) is 15.4 Å². The monoisotopic (exact) mass is 302 g/mol. The highest BCUT2D eigenvalue weighted by atomic mass is 35.5. The third-order valence-corrected chi connectivity index (χ3v) is 3.34. The Morgan fingerprint density at radius 2 is 2.11 bits per heavy atom. The number of halogens is 3. The summed E-state index contributed by atoms with van der Waals surface area (Å²) in [5.41, 5.74) is 0.652. The molecular weight excluding hydrogens is 290 g/mol. The Labute approximate surface area is 120 Å². The lowest BCUT2D eigenvalue weighted by Crippen LogP contribution is -2.19. The van der Waals surface area contributed by atoms with E-state index in [1.54, 1.807) is 18.1 Å². The second-order valence-corrected chi connectivity index (χ2v) is 5.04. The molecule has 0 aliphatic carbocycles. The van der Waals surface area contributed by atoms with Gasteiger partial charge in [0, 0.05) is 18.1 Å². The molecule has 0 amide bonds. The summed E-state index contributed by atoms with van der Waals surface area (Å²) in [4.78, 5) is 4.10. The number of hydrogen-bond donors (Lipinski definition) is 1. The zero-order chi connectivity index (χ0) is 14.0. The van der Waals surface area contributed by atoms with E-state index >= 15 is 0 Å². The maximum absolute atomic E-state index is 13.4. The predicted molar refractivity (Wildman–Crippen MR) is 72.7 cm³/mol. The Morgan fingerprint density at radius 3 is 2.74 bits per heavy atom. The van der Waals surface area contributed by atoms with Crippen LogP contribution in [0.3, 0.4) is 0 Å². The maximum Gasteiger partial charge on any atom is 0.164 e. The van der Waals surface area contributed by atoms with Crippen LogP contribution in [0.5, 0.6) is 0 Å². The minimum Gasteiger partial charge on any atom is -0.303 e. The molecule has 1 unspecified atom stereocenters. The number of nitrogens with zero attached hydrogens (tertiary/aromatic N) is 3. The van der Waals surface area contributed by atoms with Gasteiger partial charge in [-0.1, -0.05) is 23.2 Å². The molecule has 1 N–H and O–H groups in total. The van der Waals surface area contributed by atoms with Crippen LogP contribution in [0.2, 0.25) is 10.0 Å². The number of hydrogen-bond acceptors (Lipinski definition) is 3. The summed E-state index contributed by atoms with van der Waals surface area (Å²) >= 11 is 11.7. The number of benzene rings is 1. The summed E-state index contributed by atoms with van der Waals surface area (Å²) in [5.74, 6) is 0.186. The van der Waals surface area contributed by atoms with Crippen molar-refractivity contribution in [2.24, 2.45) is 7.05 Å². The molecule has 1 aromatic heterocycles. The Kier molecular flexibility index (Phi) is 4.39. The van der Waals surface area contributed by atoms with E-state index in [0.717, 1.165) is 0 Å². The van der Waals surface area contributed by atoms with Crippen LogP contribution in [0.25, 0.3) is 0 Å². The minimum atomic E-state index is -0.481. The third-order valence-electron chi connectivity index (χ3n) is 2.72. The van der Waals surface area contributed by atoms with Gasteiger partial charge in [-0.25, -0.2) is 9.37 Å². The molecule has 7 heteroatoms. The predicted octanol–water partition coefficient (Wildman–Crippen LogP) is 3.11. The molecule has 19 heavy (non-hydrogen) atoms. The standard InChI is InChI=1S/C12H13Cl2FN4/c1-7(16-5-12-17-6-19(2)18-12)8-3-11(15)10(14)4-9(8)13/h3-4,6-7,16H,5H2,1-2H3. The highest BCUT2D eigenvalue weighted by molar-refractivity contribution is 6.35. The lowest BCUT2D eigenvalue weighted by atomic mass is 10.1. The number of aromatic nitrogens is 3. The summed E-state index contributed by atoms with van der Waals surface area (Å²) < 4.78 is 15.1. The van der Waals surface area contributed by atoms with Crippen LogP contribution in [0.1, 0.15) is 24.4 Å². The first kappa shape index (κ1) is 14.2. The minimum absolute atomic E-state index is 0.0207. The molecule has 1 heterocycles. The van der Waals surface area contributed by atoms with Crippen LogP contribution in [0.15, 0.2) is 18.5 Å². The topological polar surface area (TPSA) is 42.7 Å². The summed E-state index contributed by atoms with van der Waals surface area (Å²) in [6.45, 7) is 2.36. The van der Waals surface area contributed by atoms with Gasteiger partial charge in [0.2, 0.25) is 0 Å². The second-order valence-electron chi connectivity index (χ2n) is 4.22. The number of rotatable bonds is 4. The SMILES string of the molecule is CC(NCc1ncn(C)n1)c1cc(F)c(Cl)cc1Cl. The van der Waals surface area contributed by atoms with E-state index in [9.17, 15) is 4.39 Å². The average Bonchev–Trinajstić information content (AvgIpc) is 2.77. The largest absolute Gasteiger partial charge is 0.303 e. The van der Waals surface area contributed by atoms with E-state index in [0.29, 0.717) is 23.0 Å². The van der Waals surface area contributed by atoms with Crippen molar-refractivity contribution >= 4 is 23.2 Å². The molecule has 2 aromatic rings. The second kappa shape index (κ2) is 5.86. The van der Waals surface area contributed by atoms with Gasteiger partial charge in [0.05, 0.1) is 11.6 Å². The van der Waals surface area contributed by atoms with Gasteiger partial charge in [-0.15, -0.1) is 0 Å². The molecule has 4 nitrogen and oxygen atoms in total. The van der Waals surface area contributed by atoms with Gasteiger partial charge >= 0.3 is 0 Å². The van der Waals surface area contributed by atoms with Gasteiger partial charge in [-0.2, -0.15) is 5.10 Å². The van der Waals surface area contributed by atoms with Gasteiger partial charge in [-0.05, 0) is 24.6 Å². The van der Waals surface area contributed by atoms with Crippen molar-refractivity contribution < 1.29 is 4.39 Å². The van der Waals surface area contributed by atoms with Crippen molar-refractivity contribution in [1.82, 2.24) is 20.1 Å². The fourth-order valence-corrected chi connectivity index (χ4v) is 2.24. The van der Waals surface area contributed by atoms with Crippen molar-refractivity contribution in [3.05, 3.63) is 45.7 Å². The molecule has 0 radical (unpaired) electrons. The van der Waals surface area contributed by atoms with Crippen molar-refractivity contribution in [3.8, 4) is 0 Å². The normalized spacial score (nSPS) is 12.7. The Morgan fingerprint density at radius 1 is 1.37 bits per heavy atom. The van der Waals surface area contributed by atoms with Crippen LogP contribution in [-0.2, 0) is 13.6 Å². The van der Waals surface area contributed by atoms with Crippen LogP contribution < -0.4 is 5.32 Å². The smallest absolute Gasteiger partial charge is 0.164 e. The first-order valence-electron chi connectivity index (χ1n) is 5.69. The lowest BCUT2D eigenvalue weighted by molar-refractivity contribution is 0.550. The maximum atomic E-state index is 13.4. The first-order valence-corrected chi connectivity index (χ1v) is 6.45. The molecule has 0 aliphatic heterocycles. The van der Waals surface area contributed by atoms with E-state index in [-0.39, 0.29) is 11.1 Å². The Balaban J connectivity index is 2.07. The van der Waals surface area contributed by atoms with E-state index in [1.165, 1.54) is 12.1 Å².